The zero-order valence-electron chi connectivity index (χ0n) is 8.84. The average molecular weight is 208 g/mol. The van der Waals surface area contributed by atoms with Gasteiger partial charge in [-0.05, 0) is 20.8 Å². The lowest BCUT2D eigenvalue weighted by atomic mass is 10.0. The summed E-state index contributed by atoms with van der Waals surface area (Å²) in [4.78, 5) is 2.45. The number of nitrogens with one attached hydrogen (secondary N) is 1. The van der Waals surface area contributed by atoms with E-state index in [1.54, 1.807) is 0 Å². The van der Waals surface area contributed by atoms with Gasteiger partial charge in [-0.1, -0.05) is 0 Å². The van der Waals surface area contributed by atoms with Crippen LogP contribution in [0.1, 0.15) is 20.8 Å². The highest BCUT2D eigenvalue weighted by Gasteiger charge is 2.22. The van der Waals surface area contributed by atoms with E-state index in [2.05, 4.69) is 31.0 Å². The molecule has 0 aliphatic carbocycles. The second-order valence-corrected chi connectivity index (χ2v) is 4.51. The van der Waals surface area contributed by atoms with Crippen molar-refractivity contribution in [2.75, 3.05) is 26.2 Å². The third kappa shape index (κ3) is 4.81. The fourth-order valence-corrected chi connectivity index (χ4v) is 1.64. The standard InChI is InChI=1S/C9H21N3.ClH/c1-8-6-11-4-5-12(8)7-9(2,3)10;/h8,11H,4-7,10H2,1-3H3;1H. The van der Waals surface area contributed by atoms with Crippen LogP contribution in [0.25, 0.3) is 0 Å². The minimum Gasteiger partial charge on any atom is -0.324 e. The van der Waals surface area contributed by atoms with Crippen LogP contribution >= 0.6 is 12.4 Å². The van der Waals surface area contributed by atoms with Gasteiger partial charge in [0.05, 0.1) is 0 Å². The maximum Gasteiger partial charge on any atom is 0.0226 e. The summed E-state index contributed by atoms with van der Waals surface area (Å²) in [6.07, 6.45) is 0. The Morgan fingerprint density at radius 2 is 2.15 bits per heavy atom. The van der Waals surface area contributed by atoms with Crippen LogP contribution in [0.2, 0.25) is 0 Å². The second-order valence-electron chi connectivity index (χ2n) is 4.51. The van der Waals surface area contributed by atoms with Crippen LogP contribution in [0.3, 0.4) is 0 Å². The number of rotatable bonds is 2. The lowest BCUT2D eigenvalue weighted by Gasteiger charge is -2.37. The van der Waals surface area contributed by atoms with Gasteiger partial charge in [-0.15, -0.1) is 12.4 Å². The van der Waals surface area contributed by atoms with Crippen molar-refractivity contribution in [1.82, 2.24) is 10.2 Å². The van der Waals surface area contributed by atoms with Crippen molar-refractivity contribution in [3.63, 3.8) is 0 Å². The molecule has 0 aromatic carbocycles. The number of hydrogen-bond acceptors (Lipinski definition) is 3. The van der Waals surface area contributed by atoms with Crippen LogP contribution in [0, 0.1) is 0 Å². The third-order valence-corrected chi connectivity index (χ3v) is 2.25. The van der Waals surface area contributed by atoms with E-state index in [9.17, 15) is 0 Å². The van der Waals surface area contributed by atoms with E-state index in [0.29, 0.717) is 6.04 Å². The molecule has 1 saturated heterocycles. The number of nitrogens with zero attached hydrogens (tertiary/aromatic N) is 1. The first-order chi connectivity index (χ1) is 5.49. The molecule has 3 nitrogen and oxygen atoms in total. The minimum atomic E-state index is -0.0639. The van der Waals surface area contributed by atoms with Crippen LogP contribution in [0.15, 0.2) is 0 Å². The highest BCUT2D eigenvalue weighted by Crippen LogP contribution is 2.07. The van der Waals surface area contributed by atoms with E-state index in [4.69, 9.17) is 5.73 Å². The number of piperazine rings is 1. The largest absolute Gasteiger partial charge is 0.324 e. The van der Waals surface area contributed by atoms with Gasteiger partial charge < -0.3 is 11.1 Å². The van der Waals surface area contributed by atoms with Gasteiger partial charge in [0.2, 0.25) is 0 Å². The lowest BCUT2D eigenvalue weighted by Crippen LogP contribution is -2.55. The summed E-state index contributed by atoms with van der Waals surface area (Å²) in [5.41, 5.74) is 5.90. The molecule has 13 heavy (non-hydrogen) atoms. The van der Waals surface area contributed by atoms with E-state index in [1.165, 1.54) is 0 Å². The van der Waals surface area contributed by atoms with E-state index < -0.39 is 0 Å². The summed E-state index contributed by atoms with van der Waals surface area (Å²) in [5.74, 6) is 0. The van der Waals surface area contributed by atoms with Gasteiger partial charge in [-0.2, -0.15) is 0 Å². The summed E-state index contributed by atoms with van der Waals surface area (Å²) in [7, 11) is 0. The molecule has 1 heterocycles. The molecule has 0 bridgehead atoms. The topological polar surface area (TPSA) is 41.3 Å². The first-order valence-corrected chi connectivity index (χ1v) is 4.73. The first-order valence-electron chi connectivity index (χ1n) is 4.73. The predicted molar refractivity (Wildman–Crippen MR) is 59.4 cm³/mol. The van der Waals surface area contributed by atoms with E-state index in [1.807, 2.05) is 0 Å². The van der Waals surface area contributed by atoms with Crippen LogP contribution in [-0.4, -0.2) is 42.7 Å². The predicted octanol–water partition coefficient (Wildman–Crippen LogP) is 0.439. The van der Waals surface area contributed by atoms with Crippen molar-refractivity contribution in [3.8, 4) is 0 Å². The van der Waals surface area contributed by atoms with Crippen molar-refractivity contribution >= 4 is 12.4 Å². The van der Waals surface area contributed by atoms with Gasteiger partial charge >= 0.3 is 0 Å². The Kier molecular flexibility index (Phi) is 5.22. The zero-order chi connectivity index (χ0) is 9.19. The molecule has 1 aliphatic heterocycles. The van der Waals surface area contributed by atoms with Crippen molar-refractivity contribution < 1.29 is 0 Å². The molecule has 80 valence electrons. The molecular weight excluding hydrogens is 186 g/mol. The smallest absolute Gasteiger partial charge is 0.0226 e. The molecule has 1 atom stereocenters. The van der Waals surface area contributed by atoms with Gasteiger partial charge in [0, 0.05) is 37.8 Å². The Morgan fingerprint density at radius 3 is 2.62 bits per heavy atom. The van der Waals surface area contributed by atoms with Crippen LogP contribution in [-0.2, 0) is 0 Å². The molecule has 0 amide bonds. The van der Waals surface area contributed by atoms with Crippen LogP contribution in [0.4, 0.5) is 0 Å². The Balaban J connectivity index is 0.00000144. The van der Waals surface area contributed by atoms with Gasteiger partial charge in [-0.25, -0.2) is 0 Å². The Labute approximate surface area is 87.5 Å². The highest BCUT2D eigenvalue weighted by atomic mass is 35.5. The molecule has 4 heteroatoms. The van der Waals surface area contributed by atoms with Gasteiger partial charge in [0.25, 0.3) is 0 Å². The normalized spacial score (nSPS) is 25.4. The molecule has 0 spiro atoms. The highest BCUT2D eigenvalue weighted by molar-refractivity contribution is 5.85. The van der Waals surface area contributed by atoms with Gasteiger partial charge in [-0.3, -0.25) is 4.90 Å². The van der Waals surface area contributed by atoms with Crippen molar-refractivity contribution in [2.45, 2.75) is 32.4 Å². The Hall–Kier alpha value is 0.170. The summed E-state index contributed by atoms with van der Waals surface area (Å²) >= 11 is 0. The number of nitrogens with two attached hydrogens (primary N) is 1. The number of halogens is 1. The minimum absolute atomic E-state index is 0. The van der Waals surface area contributed by atoms with Crippen molar-refractivity contribution in [2.24, 2.45) is 5.73 Å². The molecule has 1 fully saturated rings. The van der Waals surface area contributed by atoms with Crippen molar-refractivity contribution in [1.29, 1.82) is 0 Å². The van der Waals surface area contributed by atoms with Gasteiger partial charge in [0.1, 0.15) is 0 Å². The maximum absolute atomic E-state index is 5.97. The quantitative estimate of drug-likeness (QED) is 0.691. The molecule has 1 unspecified atom stereocenters. The average Bonchev–Trinajstić information content (AvgIpc) is 1.91. The molecular formula is C9H22ClN3. The van der Waals surface area contributed by atoms with Gasteiger partial charge in [0.15, 0.2) is 0 Å². The Morgan fingerprint density at radius 1 is 1.54 bits per heavy atom. The fraction of sp³-hybridized carbons (Fsp3) is 1.00. The molecule has 0 aromatic rings. The molecule has 3 N–H and O–H groups in total. The maximum atomic E-state index is 5.97. The molecule has 1 aliphatic rings. The summed E-state index contributed by atoms with van der Waals surface area (Å²) in [6.45, 7) is 10.7. The van der Waals surface area contributed by atoms with E-state index in [0.717, 1.165) is 26.2 Å². The lowest BCUT2D eigenvalue weighted by molar-refractivity contribution is 0.145. The van der Waals surface area contributed by atoms with E-state index in [-0.39, 0.29) is 17.9 Å². The number of hydrogen-bond donors (Lipinski definition) is 2. The first kappa shape index (κ1) is 13.2. The summed E-state index contributed by atoms with van der Waals surface area (Å²) in [5, 5.41) is 3.37. The molecule has 0 aromatic heterocycles. The zero-order valence-corrected chi connectivity index (χ0v) is 9.66. The summed E-state index contributed by atoms with van der Waals surface area (Å²) < 4.78 is 0. The molecule has 0 radical (unpaired) electrons. The van der Waals surface area contributed by atoms with Crippen LogP contribution < -0.4 is 11.1 Å². The third-order valence-electron chi connectivity index (χ3n) is 2.25. The fourth-order valence-electron chi connectivity index (χ4n) is 1.64. The van der Waals surface area contributed by atoms with E-state index >= 15 is 0 Å². The molecule has 0 saturated carbocycles. The monoisotopic (exact) mass is 207 g/mol. The van der Waals surface area contributed by atoms with Crippen LogP contribution in [0.5, 0.6) is 0 Å². The molecule has 1 rings (SSSR count). The summed E-state index contributed by atoms with van der Waals surface area (Å²) in [6, 6.07) is 0.626. The second kappa shape index (κ2) is 5.15. The van der Waals surface area contributed by atoms with Crippen molar-refractivity contribution in [3.05, 3.63) is 0 Å². The SMILES string of the molecule is CC1CNCCN1CC(C)(C)N.Cl. The Bertz CT molecular complexity index is 144.